The molecule has 28 heavy (non-hydrogen) atoms. The quantitative estimate of drug-likeness (QED) is 0.458. The first kappa shape index (κ1) is 20.4. The molecule has 0 amide bonds. The number of aliphatic imine (C=N–C) groups is 1. The van der Waals surface area contributed by atoms with Gasteiger partial charge in [0, 0.05) is 19.0 Å². The van der Waals surface area contributed by atoms with E-state index in [9.17, 15) is 5.11 Å². The third kappa shape index (κ3) is 5.59. The van der Waals surface area contributed by atoms with E-state index in [2.05, 4.69) is 22.5 Å². The van der Waals surface area contributed by atoms with E-state index >= 15 is 0 Å². The maximum Gasteiger partial charge on any atom is 0.191 e. The Morgan fingerprint density at radius 3 is 2.57 bits per heavy atom. The highest BCUT2D eigenvalue weighted by Crippen LogP contribution is 2.24. The van der Waals surface area contributed by atoms with E-state index in [0.717, 1.165) is 43.5 Å². The minimum atomic E-state index is -0.00360. The van der Waals surface area contributed by atoms with Crippen LogP contribution >= 0.6 is 0 Å². The molecule has 0 spiro atoms. The second kappa shape index (κ2) is 10.9. The molecule has 6 heteroatoms. The van der Waals surface area contributed by atoms with Crippen LogP contribution in [0, 0.1) is 0 Å². The highest BCUT2D eigenvalue weighted by atomic mass is 16.3. The van der Waals surface area contributed by atoms with E-state index < -0.39 is 0 Å². The van der Waals surface area contributed by atoms with Gasteiger partial charge in [-0.2, -0.15) is 0 Å². The third-order valence-electron chi connectivity index (χ3n) is 5.22. The number of nitrogens with zero attached hydrogens (tertiary/aromatic N) is 2. The van der Waals surface area contributed by atoms with Gasteiger partial charge in [-0.25, -0.2) is 0 Å². The van der Waals surface area contributed by atoms with E-state index in [0.29, 0.717) is 6.54 Å². The van der Waals surface area contributed by atoms with Gasteiger partial charge in [-0.05, 0) is 50.6 Å². The maximum absolute atomic E-state index is 9.78. The number of rotatable bonds is 9. The molecule has 152 valence electrons. The molecule has 0 saturated carbocycles. The summed E-state index contributed by atoms with van der Waals surface area (Å²) >= 11 is 0. The second-order valence-corrected chi connectivity index (χ2v) is 7.16. The van der Waals surface area contributed by atoms with Crippen LogP contribution in [0.15, 0.2) is 58.1 Å². The zero-order valence-corrected chi connectivity index (χ0v) is 16.7. The molecule has 1 fully saturated rings. The van der Waals surface area contributed by atoms with Gasteiger partial charge in [0.25, 0.3) is 0 Å². The zero-order chi connectivity index (χ0) is 19.6. The van der Waals surface area contributed by atoms with Gasteiger partial charge in [0.15, 0.2) is 5.96 Å². The molecule has 2 atom stereocenters. The van der Waals surface area contributed by atoms with Crippen LogP contribution in [-0.2, 0) is 0 Å². The summed E-state index contributed by atoms with van der Waals surface area (Å²) in [5.74, 6) is 1.76. The monoisotopic (exact) mass is 384 g/mol. The van der Waals surface area contributed by atoms with Crippen molar-refractivity contribution in [3.63, 3.8) is 0 Å². The van der Waals surface area contributed by atoms with Crippen molar-refractivity contribution in [2.75, 3.05) is 39.3 Å². The predicted molar refractivity (Wildman–Crippen MR) is 113 cm³/mol. The molecule has 0 bridgehead atoms. The molecule has 1 aromatic heterocycles. The molecule has 1 aliphatic heterocycles. The zero-order valence-electron chi connectivity index (χ0n) is 16.7. The molecule has 2 aromatic rings. The van der Waals surface area contributed by atoms with Crippen molar-refractivity contribution in [1.82, 2.24) is 15.5 Å². The van der Waals surface area contributed by atoms with Crippen LogP contribution < -0.4 is 10.6 Å². The minimum Gasteiger partial charge on any atom is -0.468 e. The number of benzene rings is 1. The number of guanidine groups is 1. The molecule has 0 aliphatic carbocycles. The minimum absolute atomic E-state index is 0.00360. The van der Waals surface area contributed by atoms with Crippen molar-refractivity contribution >= 4 is 5.96 Å². The Hall–Kier alpha value is -2.31. The highest BCUT2D eigenvalue weighted by molar-refractivity contribution is 5.79. The number of hydrogen-bond acceptors (Lipinski definition) is 4. The molecular weight excluding hydrogens is 352 g/mol. The molecule has 0 radical (unpaired) electrons. The van der Waals surface area contributed by atoms with Crippen LogP contribution in [-0.4, -0.2) is 55.3 Å². The Morgan fingerprint density at radius 1 is 1.14 bits per heavy atom. The average Bonchev–Trinajstić information content (AvgIpc) is 3.44. The van der Waals surface area contributed by atoms with E-state index in [1.807, 2.05) is 42.5 Å². The van der Waals surface area contributed by atoms with Gasteiger partial charge in [-0.15, -0.1) is 0 Å². The summed E-state index contributed by atoms with van der Waals surface area (Å²) in [5.41, 5.74) is 1.11. The first-order valence-electron chi connectivity index (χ1n) is 10.3. The number of furan rings is 1. The van der Waals surface area contributed by atoms with Crippen molar-refractivity contribution in [2.24, 2.45) is 4.99 Å². The molecule has 2 heterocycles. The summed E-state index contributed by atoms with van der Waals surface area (Å²) in [7, 11) is 0. The summed E-state index contributed by atoms with van der Waals surface area (Å²) in [6.45, 7) is 6.39. The fourth-order valence-corrected chi connectivity index (χ4v) is 3.67. The van der Waals surface area contributed by atoms with E-state index in [1.165, 1.54) is 12.8 Å². The Labute approximate surface area is 167 Å². The largest absolute Gasteiger partial charge is 0.468 e. The van der Waals surface area contributed by atoms with Crippen molar-refractivity contribution in [3.8, 4) is 0 Å². The van der Waals surface area contributed by atoms with Gasteiger partial charge in [0.05, 0.1) is 25.5 Å². The fourth-order valence-electron chi connectivity index (χ4n) is 3.67. The van der Waals surface area contributed by atoms with Crippen LogP contribution in [0.4, 0.5) is 0 Å². The van der Waals surface area contributed by atoms with Crippen molar-refractivity contribution in [2.45, 2.75) is 31.7 Å². The topological polar surface area (TPSA) is 73.0 Å². The number of likely N-dealkylation sites (tertiary alicyclic amines) is 1. The first-order chi connectivity index (χ1) is 13.8. The van der Waals surface area contributed by atoms with E-state index in [-0.39, 0.29) is 18.6 Å². The number of nitrogens with one attached hydrogen (secondary N) is 2. The number of hydrogen-bond donors (Lipinski definition) is 3. The van der Waals surface area contributed by atoms with Gasteiger partial charge in [0.1, 0.15) is 5.76 Å². The number of aliphatic hydroxyl groups excluding tert-OH is 1. The maximum atomic E-state index is 9.78. The van der Waals surface area contributed by atoms with Crippen LogP contribution in [0.5, 0.6) is 0 Å². The third-order valence-corrected chi connectivity index (χ3v) is 5.22. The highest BCUT2D eigenvalue weighted by Gasteiger charge is 2.25. The molecular formula is C22H32N4O2. The van der Waals surface area contributed by atoms with Crippen molar-refractivity contribution < 1.29 is 9.52 Å². The second-order valence-electron chi connectivity index (χ2n) is 7.16. The lowest BCUT2D eigenvalue weighted by atomic mass is 10.0. The van der Waals surface area contributed by atoms with Crippen LogP contribution in [0.2, 0.25) is 0 Å². The lowest BCUT2D eigenvalue weighted by Gasteiger charge is -2.27. The summed E-state index contributed by atoms with van der Waals surface area (Å²) in [4.78, 5) is 7.19. The smallest absolute Gasteiger partial charge is 0.191 e. The number of aliphatic hydroxyl groups is 1. The molecule has 3 N–H and O–H groups in total. The summed E-state index contributed by atoms with van der Waals surface area (Å²) in [6.07, 6.45) is 4.21. The Morgan fingerprint density at radius 2 is 1.93 bits per heavy atom. The Balaban J connectivity index is 1.64. The first-order valence-corrected chi connectivity index (χ1v) is 10.3. The van der Waals surface area contributed by atoms with Crippen molar-refractivity contribution in [3.05, 3.63) is 60.1 Å². The van der Waals surface area contributed by atoms with Gasteiger partial charge < -0.3 is 20.2 Å². The molecule has 2 unspecified atom stereocenters. The van der Waals surface area contributed by atoms with Crippen LogP contribution in [0.25, 0.3) is 0 Å². The van der Waals surface area contributed by atoms with Crippen molar-refractivity contribution in [1.29, 1.82) is 0 Å². The van der Waals surface area contributed by atoms with Gasteiger partial charge in [-0.1, -0.05) is 30.3 Å². The fraction of sp³-hybridized carbons (Fsp3) is 0.500. The van der Waals surface area contributed by atoms with Crippen LogP contribution in [0.1, 0.15) is 43.0 Å². The van der Waals surface area contributed by atoms with E-state index in [1.54, 1.807) is 6.26 Å². The Bertz CT molecular complexity index is 697. The molecule has 3 rings (SSSR count). The molecule has 6 nitrogen and oxygen atoms in total. The van der Waals surface area contributed by atoms with Gasteiger partial charge in [0.2, 0.25) is 0 Å². The molecule has 1 saturated heterocycles. The average molecular weight is 385 g/mol. The SMILES string of the molecule is CCNC(=NCC(CO)c1ccccc1)NCC(c1ccco1)N1CCCC1. The Kier molecular flexibility index (Phi) is 7.94. The van der Waals surface area contributed by atoms with Crippen LogP contribution in [0.3, 0.4) is 0 Å². The summed E-state index contributed by atoms with van der Waals surface area (Å²) < 4.78 is 5.70. The normalized spacial score (nSPS) is 17.4. The van der Waals surface area contributed by atoms with Gasteiger partial charge in [-0.3, -0.25) is 9.89 Å². The predicted octanol–water partition coefficient (Wildman–Crippen LogP) is 2.75. The molecule has 1 aromatic carbocycles. The standard InChI is InChI=1S/C22H32N4O2/c1-2-23-22(24-15-19(17-27)18-9-4-3-5-10-18)25-16-20(21-11-8-14-28-21)26-12-6-7-13-26/h3-5,8-11,14,19-20,27H,2,6-7,12-13,15-17H2,1H3,(H2,23,24,25). The van der Waals surface area contributed by atoms with E-state index in [4.69, 9.17) is 9.41 Å². The lowest BCUT2D eigenvalue weighted by molar-refractivity contribution is 0.215. The summed E-state index contributed by atoms with van der Waals surface area (Å²) in [6, 6.07) is 14.2. The lowest BCUT2D eigenvalue weighted by Crippen LogP contribution is -2.42. The summed E-state index contributed by atoms with van der Waals surface area (Å²) in [5, 5.41) is 16.6. The molecule has 1 aliphatic rings. The van der Waals surface area contributed by atoms with Gasteiger partial charge >= 0.3 is 0 Å².